The van der Waals surface area contributed by atoms with Gasteiger partial charge < -0.3 is 19.8 Å². The third kappa shape index (κ3) is 2.14. The Morgan fingerprint density at radius 2 is 2.10 bits per heavy atom. The molecule has 1 aliphatic heterocycles. The van der Waals surface area contributed by atoms with Crippen LogP contribution in [-0.4, -0.2) is 42.5 Å². The van der Waals surface area contributed by atoms with Crippen LogP contribution in [0.1, 0.15) is 10.6 Å². The van der Waals surface area contributed by atoms with Crippen LogP contribution < -0.4 is 5.73 Å². The summed E-state index contributed by atoms with van der Waals surface area (Å²) in [7, 11) is 0. The number of benzene rings is 1. The summed E-state index contributed by atoms with van der Waals surface area (Å²) in [5.74, 6) is -0.707. The van der Waals surface area contributed by atoms with Gasteiger partial charge in [-0.2, -0.15) is 0 Å². The minimum atomic E-state index is -0.746. The zero-order chi connectivity index (χ0) is 14.1. The Hall–Kier alpha value is -2.34. The van der Waals surface area contributed by atoms with Gasteiger partial charge in [0.25, 0.3) is 5.91 Å². The van der Waals surface area contributed by atoms with Crippen molar-refractivity contribution >= 4 is 22.8 Å². The molecule has 1 aromatic carbocycles. The van der Waals surface area contributed by atoms with Crippen molar-refractivity contribution in [3.8, 4) is 0 Å². The van der Waals surface area contributed by atoms with E-state index >= 15 is 0 Å². The van der Waals surface area contributed by atoms with Crippen LogP contribution in [0.3, 0.4) is 0 Å². The maximum absolute atomic E-state index is 12.5. The van der Waals surface area contributed by atoms with Gasteiger partial charge in [-0.1, -0.05) is 18.2 Å². The van der Waals surface area contributed by atoms with E-state index in [4.69, 9.17) is 14.9 Å². The number of amides is 2. The highest BCUT2D eigenvalue weighted by molar-refractivity contribution is 5.98. The number of furan rings is 1. The van der Waals surface area contributed by atoms with E-state index in [1.165, 1.54) is 4.90 Å². The van der Waals surface area contributed by atoms with Gasteiger partial charge in [-0.25, -0.2) is 0 Å². The number of nitrogens with two attached hydrogens (primary N) is 1. The molecule has 3 rings (SSSR count). The van der Waals surface area contributed by atoms with Crippen molar-refractivity contribution in [1.29, 1.82) is 0 Å². The monoisotopic (exact) mass is 274 g/mol. The molecule has 2 amide bonds. The number of nitrogens with zero attached hydrogens (tertiary/aromatic N) is 1. The Morgan fingerprint density at radius 3 is 2.85 bits per heavy atom. The first-order chi connectivity index (χ1) is 9.66. The Labute approximate surface area is 115 Å². The molecule has 0 bridgehead atoms. The Balaban J connectivity index is 1.92. The lowest BCUT2D eigenvalue weighted by Crippen LogP contribution is -2.54. The second kappa shape index (κ2) is 4.97. The molecule has 6 heteroatoms. The normalized spacial score (nSPS) is 19.2. The molecule has 2 N–H and O–H groups in total. The fourth-order valence-corrected chi connectivity index (χ4v) is 2.31. The molecular weight excluding hydrogens is 260 g/mol. The molecule has 1 aliphatic rings. The van der Waals surface area contributed by atoms with Crippen LogP contribution in [0.15, 0.2) is 34.7 Å². The molecule has 0 radical (unpaired) electrons. The van der Waals surface area contributed by atoms with E-state index in [2.05, 4.69) is 0 Å². The highest BCUT2D eigenvalue weighted by atomic mass is 16.5. The van der Waals surface area contributed by atoms with Crippen molar-refractivity contribution in [3.05, 3.63) is 36.1 Å². The van der Waals surface area contributed by atoms with Gasteiger partial charge >= 0.3 is 0 Å². The summed E-state index contributed by atoms with van der Waals surface area (Å²) in [6.07, 6.45) is 0. The summed E-state index contributed by atoms with van der Waals surface area (Å²) in [5, 5.41) is 0.847. The summed E-state index contributed by atoms with van der Waals surface area (Å²) >= 11 is 0. The molecule has 0 saturated carbocycles. The SMILES string of the molecule is NC(=O)[C@@H]1COCCN1C(=O)c1cc2ccccc2o1. The number of carbonyl (C=O) groups is 2. The van der Waals surface area contributed by atoms with Crippen LogP contribution in [0.25, 0.3) is 11.0 Å². The number of fused-ring (bicyclic) bond motifs is 1. The number of morpholine rings is 1. The van der Waals surface area contributed by atoms with Crippen LogP contribution in [0, 0.1) is 0 Å². The van der Waals surface area contributed by atoms with Crippen molar-refractivity contribution in [3.63, 3.8) is 0 Å². The zero-order valence-corrected chi connectivity index (χ0v) is 10.7. The van der Waals surface area contributed by atoms with Crippen LogP contribution in [0.4, 0.5) is 0 Å². The van der Waals surface area contributed by atoms with Gasteiger partial charge in [0.15, 0.2) is 5.76 Å². The van der Waals surface area contributed by atoms with Crippen LogP contribution in [-0.2, 0) is 9.53 Å². The van der Waals surface area contributed by atoms with Gasteiger partial charge in [-0.3, -0.25) is 9.59 Å². The molecule has 104 valence electrons. The minimum Gasteiger partial charge on any atom is -0.451 e. The van der Waals surface area contributed by atoms with Gasteiger partial charge in [0, 0.05) is 11.9 Å². The molecule has 0 aliphatic carbocycles. The maximum Gasteiger partial charge on any atom is 0.290 e. The first kappa shape index (κ1) is 12.7. The predicted octanol–water partition coefficient (Wildman–Crippen LogP) is 0.759. The van der Waals surface area contributed by atoms with Crippen molar-refractivity contribution in [2.45, 2.75) is 6.04 Å². The van der Waals surface area contributed by atoms with Crippen molar-refractivity contribution in [2.75, 3.05) is 19.8 Å². The summed E-state index contributed by atoms with van der Waals surface area (Å²) in [4.78, 5) is 25.2. The first-order valence-corrected chi connectivity index (χ1v) is 6.33. The van der Waals surface area contributed by atoms with Crippen LogP contribution >= 0.6 is 0 Å². The average Bonchev–Trinajstić information content (AvgIpc) is 2.90. The number of hydrogen-bond donors (Lipinski definition) is 1. The van der Waals surface area contributed by atoms with Gasteiger partial charge in [-0.15, -0.1) is 0 Å². The number of ether oxygens (including phenoxy) is 1. The van der Waals surface area contributed by atoms with Gasteiger partial charge in [0.2, 0.25) is 5.91 Å². The van der Waals surface area contributed by atoms with E-state index < -0.39 is 11.9 Å². The van der Waals surface area contributed by atoms with Crippen LogP contribution in [0.2, 0.25) is 0 Å². The predicted molar refractivity (Wildman–Crippen MR) is 71.1 cm³/mol. The molecular formula is C14H14N2O4. The molecule has 6 nitrogen and oxygen atoms in total. The minimum absolute atomic E-state index is 0.126. The fraction of sp³-hybridized carbons (Fsp3) is 0.286. The molecule has 1 saturated heterocycles. The largest absolute Gasteiger partial charge is 0.451 e. The van der Waals surface area contributed by atoms with E-state index in [1.54, 1.807) is 12.1 Å². The van der Waals surface area contributed by atoms with Crippen molar-refractivity contribution in [2.24, 2.45) is 5.73 Å². The van der Waals surface area contributed by atoms with E-state index in [1.807, 2.05) is 18.2 Å². The molecule has 0 spiro atoms. The summed E-state index contributed by atoms with van der Waals surface area (Å²) in [6.45, 7) is 0.834. The van der Waals surface area contributed by atoms with E-state index in [9.17, 15) is 9.59 Å². The molecule has 1 fully saturated rings. The van der Waals surface area contributed by atoms with Crippen molar-refractivity contribution in [1.82, 2.24) is 4.90 Å². The van der Waals surface area contributed by atoms with E-state index in [0.29, 0.717) is 18.7 Å². The lowest BCUT2D eigenvalue weighted by Gasteiger charge is -2.32. The molecule has 2 heterocycles. The average molecular weight is 274 g/mol. The fourth-order valence-electron chi connectivity index (χ4n) is 2.31. The van der Waals surface area contributed by atoms with Gasteiger partial charge in [-0.05, 0) is 12.1 Å². The number of rotatable bonds is 2. The molecule has 2 aromatic rings. The number of para-hydroxylation sites is 1. The molecule has 1 aromatic heterocycles. The third-order valence-electron chi connectivity index (χ3n) is 3.35. The summed E-state index contributed by atoms with van der Waals surface area (Å²) in [6, 6.07) is 8.28. The smallest absolute Gasteiger partial charge is 0.290 e. The van der Waals surface area contributed by atoms with Gasteiger partial charge in [0.1, 0.15) is 11.6 Å². The van der Waals surface area contributed by atoms with Gasteiger partial charge in [0.05, 0.1) is 13.2 Å². The number of carbonyl (C=O) groups excluding carboxylic acids is 2. The highest BCUT2D eigenvalue weighted by Gasteiger charge is 2.33. The van der Waals surface area contributed by atoms with E-state index in [-0.39, 0.29) is 18.3 Å². The lowest BCUT2D eigenvalue weighted by molar-refractivity contribution is -0.127. The topological polar surface area (TPSA) is 85.8 Å². The highest BCUT2D eigenvalue weighted by Crippen LogP contribution is 2.21. The van der Waals surface area contributed by atoms with E-state index in [0.717, 1.165) is 5.39 Å². The van der Waals surface area contributed by atoms with Crippen molar-refractivity contribution < 1.29 is 18.7 Å². The third-order valence-corrected chi connectivity index (χ3v) is 3.35. The summed E-state index contributed by atoms with van der Waals surface area (Å²) < 4.78 is 10.7. The maximum atomic E-state index is 12.5. The Morgan fingerprint density at radius 1 is 1.30 bits per heavy atom. The Bertz CT molecular complexity index is 631. The second-order valence-corrected chi connectivity index (χ2v) is 4.64. The molecule has 20 heavy (non-hydrogen) atoms. The summed E-state index contributed by atoms with van der Waals surface area (Å²) in [5.41, 5.74) is 5.94. The lowest BCUT2D eigenvalue weighted by atomic mass is 10.2. The Kier molecular flexibility index (Phi) is 3.15. The zero-order valence-electron chi connectivity index (χ0n) is 10.7. The number of primary amides is 1. The first-order valence-electron chi connectivity index (χ1n) is 6.33. The molecule has 0 unspecified atom stereocenters. The molecule has 1 atom stereocenters. The standard InChI is InChI=1S/C14H14N2O4/c15-13(17)10-8-19-6-5-16(10)14(18)12-7-9-3-1-2-4-11(9)20-12/h1-4,7,10H,5-6,8H2,(H2,15,17)/t10-/m0/s1. The second-order valence-electron chi connectivity index (χ2n) is 4.64. The quantitative estimate of drug-likeness (QED) is 0.876. The van der Waals surface area contributed by atoms with Crippen LogP contribution in [0.5, 0.6) is 0 Å². The number of hydrogen-bond acceptors (Lipinski definition) is 4.